The normalized spacial score (nSPS) is 18.2. The molecule has 1 amide bonds. The van der Waals surface area contributed by atoms with Crippen LogP contribution in [0.15, 0.2) is 54.7 Å². The van der Waals surface area contributed by atoms with Crippen LogP contribution < -0.4 is 10.6 Å². The number of hydrogen-bond acceptors (Lipinski definition) is 3. The van der Waals surface area contributed by atoms with Gasteiger partial charge in [-0.3, -0.25) is 4.79 Å². The van der Waals surface area contributed by atoms with Crippen molar-refractivity contribution < 1.29 is 18.0 Å². The van der Waals surface area contributed by atoms with Crippen molar-refractivity contribution in [1.82, 2.24) is 15.1 Å². The maximum Gasteiger partial charge on any atom is 0.410 e. The molecule has 0 spiro atoms. The van der Waals surface area contributed by atoms with Crippen molar-refractivity contribution in [3.05, 3.63) is 82.5 Å². The Labute approximate surface area is 178 Å². The molecule has 0 bridgehead atoms. The van der Waals surface area contributed by atoms with E-state index in [2.05, 4.69) is 15.7 Å². The van der Waals surface area contributed by atoms with Gasteiger partial charge in [0.1, 0.15) is 11.4 Å². The van der Waals surface area contributed by atoms with Crippen LogP contribution >= 0.6 is 0 Å². The number of fused-ring (bicyclic) bond motifs is 1. The first-order valence-electron chi connectivity index (χ1n) is 10.0. The zero-order valence-corrected chi connectivity index (χ0v) is 17.2. The van der Waals surface area contributed by atoms with E-state index in [0.717, 1.165) is 26.9 Å². The van der Waals surface area contributed by atoms with Gasteiger partial charge < -0.3 is 10.6 Å². The van der Waals surface area contributed by atoms with E-state index in [0.29, 0.717) is 0 Å². The van der Waals surface area contributed by atoms with E-state index in [-0.39, 0.29) is 24.3 Å². The lowest BCUT2D eigenvalue weighted by atomic mass is 9.96. The number of amides is 1. The van der Waals surface area contributed by atoms with Crippen molar-refractivity contribution >= 4 is 11.7 Å². The highest BCUT2D eigenvalue weighted by Crippen LogP contribution is 2.44. The van der Waals surface area contributed by atoms with Crippen LogP contribution in [-0.4, -0.2) is 21.9 Å². The fourth-order valence-corrected chi connectivity index (χ4v) is 3.85. The third-order valence-electron chi connectivity index (χ3n) is 5.50. The van der Waals surface area contributed by atoms with Gasteiger partial charge in [0.2, 0.25) is 0 Å². The van der Waals surface area contributed by atoms with E-state index in [1.807, 2.05) is 62.4 Å². The number of aryl methyl sites for hydroxylation is 2. The summed E-state index contributed by atoms with van der Waals surface area (Å²) in [5, 5.41) is 9.80. The Kier molecular flexibility index (Phi) is 5.47. The standard InChI is InChI=1S/C23H23F3N4O/c1-14-6-8-17(9-7-14)19-11-20(23(24,25)26)30-21(29-19)18(13-28-30)22(31)27-12-16-5-3-4-15(2)10-16/h3-10,13,19-20,29H,11-12H2,1-2H3,(H,27,31)/t19-,20+/m1/s1. The minimum Gasteiger partial charge on any atom is -0.363 e. The summed E-state index contributed by atoms with van der Waals surface area (Å²) >= 11 is 0. The Morgan fingerprint density at radius 2 is 1.90 bits per heavy atom. The van der Waals surface area contributed by atoms with Crippen LogP contribution in [0.5, 0.6) is 0 Å². The van der Waals surface area contributed by atoms with Gasteiger partial charge in [-0.1, -0.05) is 59.7 Å². The largest absolute Gasteiger partial charge is 0.410 e. The quantitative estimate of drug-likeness (QED) is 0.609. The second-order valence-corrected chi connectivity index (χ2v) is 7.92. The minimum atomic E-state index is -4.48. The fraction of sp³-hybridized carbons (Fsp3) is 0.304. The molecule has 0 unspecified atom stereocenters. The first-order chi connectivity index (χ1) is 14.7. The highest BCUT2D eigenvalue weighted by atomic mass is 19.4. The summed E-state index contributed by atoms with van der Waals surface area (Å²) in [6, 6.07) is 12.6. The number of carbonyl (C=O) groups excluding carboxylic acids is 1. The van der Waals surface area contributed by atoms with Gasteiger partial charge in [0.25, 0.3) is 5.91 Å². The molecular weight excluding hydrogens is 405 g/mol. The van der Waals surface area contributed by atoms with Crippen molar-refractivity contribution in [2.45, 2.75) is 45.1 Å². The fourth-order valence-electron chi connectivity index (χ4n) is 3.85. The predicted molar refractivity (Wildman–Crippen MR) is 112 cm³/mol. The number of nitrogens with one attached hydrogen (secondary N) is 2. The van der Waals surface area contributed by atoms with Crippen LogP contribution in [0.4, 0.5) is 19.0 Å². The summed E-state index contributed by atoms with van der Waals surface area (Å²) in [4.78, 5) is 12.8. The molecule has 0 aliphatic carbocycles. The highest BCUT2D eigenvalue weighted by Gasteiger charge is 2.47. The van der Waals surface area contributed by atoms with Crippen molar-refractivity contribution in [2.75, 3.05) is 5.32 Å². The molecule has 3 aromatic rings. The number of halogens is 3. The molecule has 0 radical (unpaired) electrons. The van der Waals surface area contributed by atoms with Crippen LogP contribution in [0.2, 0.25) is 0 Å². The molecule has 4 rings (SSSR count). The second kappa shape index (κ2) is 8.09. The van der Waals surface area contributed by atoms with Gasteiger partial charge >= 0.3 is 6.18 Å². The number of rotatable bonds is 4. The third-order valence-corrected chi connectivity index (χ3v) is 5.50. The predicted octanol–water partition coefficient (Wildman–Crippen LogP) is 5.09. The SMILES string of the molecule is Cc1ccc([C@H]2C[C@@H](C(F)(F)F)n3ncc(C(=O)NCc4cccc(C)c4)c3N2)cc1. The number of aromatic nitrogens is 2. The summed E-state index contributed by atoms with van der Waals surface area (Å²) in [5.41, 5.74) is 3.82. The molecule has 0 saturated heterocycles. The molecule has 0 fully saturated rings. The number of carbonyl (C=O) groups is 1. The van der Waals surface area contributed by atoms with Gasteiger partial charge in [0.15, 0.2) is 6.04 Å². The Morgan fingerprint density at radius 1 is 1.16 bits per heavy atom. The zero-order chi connectivity index (χ0) is 22.2. The Balaban J connectivity index is 1.61. The van der Waals surface area contributed by atoms with Gasteiger partial charge in [0.05, 0.1) is 12.2 Å². The first-order valence-corrected chi connectivity index (χ1v) is 10.0. The van der Waals surface area contributed by atoms with E-state index >= 15 is 0 Å². The summed E-state index contributed by atoms with van der Waals surface area (Å²) < 4.78 is 42.3. The topological polar surface area (TPSA) is 59.0 Å². The molecule has 1 aliphatic heterocycles. The van der Waals surface area contributed by atoms with E-state index in [1.54, 1.807) is 0 Å². The molecular formula is C23H23F3N4O. The van der Waals surface area contributed by atoms with Crippen LogP contribution in [0.1, 0.15) is 51.1 Å². The molecule has 2 atom stereocenters. The Morgan fingerprint density at radius 3 is 2.58 bits per heavy atom. The lowest BCUT2D eigenvalue weighted by Gasteiger charge is -2.34. The maximum absolute atomic E-state index is 13.8. The summed E-state index contributed by atoms with van der Waals surface area (Å²) in [7, 11) is 0. The average Bonchev–Trinajstić information content (AvgIpc) is 3.15. The molecule has 1 aromatic heterocycles. The molecule has 0 saturated carbocycles. The summed E-state index contributed by atoms with van der Waals surface area (Å²) in [5.74, 6) is -0.387. The molecule has 5 nitrogen and oxygen atoms in total. The second-order valence-electron chi connectivity index (χ2n) is 7.92. The zero-order valence-electron chi connectivity index (χ0n) is 17.2. The molecule has 1 aliphatic rings. The summed E-state index contributed by atoms with van der Waals surface area (Å²) in [6.45, 7) is 4.14. The molecule has 162 valence electrons. The number of hydrogen-bond donors (Lipinski definition) is 2. The number of benzene rings is 2. The van der Waals surface area contributed by atoms with Crippen LogP contribution in [0.3, 0.4) is 0 Å². The van der Waals surface area contributed by atoms with Crippen molar-refractivity contribution in [1.29, 1.82) is 0 Å². The minimum absolute atomic E-state index is 0.0842. The Bertz CT molecular complexity index is 1090. The van der Waals surface area contributed by atoms with Crippen LogP contribution in [0, 0.1) is 13.8 Å². The Hall–Kier alpha value is -3.29. The van der Waals surface area contributed by atoms with Gasteiger partial charge in [0, 0.05) is 13.0 Å². The van der Waals surface area contributed by atoms with Crippen molar-refractivity contribution in [2.24, 2.45) is 0 Å². The van der Waals surface area contributed by atoms with Gasteiger partial charge in [-0.25, -0.2) is 4.68 Å². The van der Waals surface area contributed by atoms with E-state index in [1.165, 1.54) is 6.20 Å². The van der Waals surface area contributed by atoms with Crippen molar-refractivity contribution in [3.63, 3.8) is 0 Å². The molecule has 2 N–H and O–H groups in total. The number of alkyl halides is 3. The van der Waals surface area contributed by atoms with Gasteiger partial charge in [-0.05, 0) is 25.0 Å². The molecule has 2 aromatic carbocycles. The molecule has 8 heteroatoms. The third kappa shape index (κ3) is 4.42. The average molecular weight is 428 g/mol. The highest BCUT2D eigenvalue weighted by molar-refractivity contribution is 5.98. The lowest BCUT2D eigenvalue weighted by Crippen LogP contribution is -2.36. The van der Waals surface area contributed by atoms with Gasteiger partial charge in [-0.15, -0.1) is 0 Å². The van der Waals surface area contributed by atoms with Crippen LogP contribution in [0.25, 0.3) is 0 Å². The first kappa shape index (κ1) is 21.0. The maximum atomic E-state index is 13.8. The van der Waals surface area contributed by atoms with E-state index in [9.17, 15) is 18.0 Å². The lowest BCUT2D eigenvalue weighted by molar-refractivity contribution is -0.173. The van der Waals surface area contributed by atoms with E-state index < -0.39 is 24.2 Å². The number of anilines is 1. The molecule has 2 heterocycles. The smallest absolute Gasteiger partial charge is 0.363 e. The number of nitrogens with zero attached hydrogens (tertiary/aromatic N) is 2. The van der Waals surface area contributed by atoms with Crippen LogP contribution in [-0.2, 0) is 6.54 Å². The van der Waals surface area contributed by atoms with E-state index in [4.69, 9.17) is 0 Å². The summed E-state index contributed by atoms with van der Waals surface area (Å²) in [6.07, 6.45) is -3.49. The monoisotopic (exact) mass is 428 g/mol. The van der Waals surface area contributed by atoms with Gasteiger partial charge in [-0.2, -0.15) is 18.3 Å². The van der Waals surface area contributed by atoms with Crippen molar-refractivity contribution in [3.8, 4) is 0 Å². The molecule has 31 heavy (non-hydrogen) atoms.